The molecule has 3 aromatic rings. The molecule has 1 fully saturated rings. The zero-order valence-corrected chi connectivity index (χ0v) is 22.4. The molecule has 1 saturated heterocycles. The van der Waals surface area contributed by atoms with Crippen LogP contribution in [0.25, 0.3) is 10.9 Å². The Kier molecular flexibility index (Phi) is 7.89. The zero-order chi connectivity index (χ0) is 24.7. The third-order valence-electron chi connectivity index (χ3n) is 6.63. The number of halogens is 2. The van der Waals surface area contributed by atoms with Crippen LogP contribution in [0.5, 0.6) is 0 Å². The van der Waals surface area contributed by atoms with Crippen molar-refractivity contribution in [3.05, 3.63) is 50.6 Å². The summed E-state index contributed by atoms with van der Waals surface area (Å²) in [6.07, 6.45) is 1.35. The number of fused-ring (bicyclic) bond motifs is 2. The quantitative estimate of drug-likeness (QED) is 0.462. The lowest BCUT2D eigenvalue weighted by molar-refractivity contribution is -0.130. The Balaban J connectivity index is 0.00000304. The Morgan fingerprint density at radius 2 is 1.92 bits per heavy atom. The van der Waals surface area contributed by atoms with E-state index in [1.54, 1.807) is 23.1 Å². The van der Waals surface area contributed by atoms with Gasteiger partial charge >= 0.3 is 0 Å². The number of piperidine rings is 1. The van der Waals surface area contributed by atoms with E-state index in [2.05, 4.69) is 32.5 Å². The normalized spacial score (nSPS) is 19.9. The smallest absolute Gasteiger partial charge is 0.280 e. The minimum atomic E-state index is -0.438. The maximum atomic E-state index is 13.1. The fourth-order valence-electron chi connectivity index (χ4n) is 4.68. The number of rotatable bonds is 4. The molecule has 12 heteroatoms. The molecular formula is C24H28Cl2N6O3S. The predicted molar refractivity (Wildman–Crippen MR) is 142 cm³/mol. The van der Waals surface area contributed by atoms with E-state index >= 15 is 0 Å². The average molecular weight is 552 g/mol. The molecule has 192 valence electrons. The van der Waals surface area contributed by atoms with Gasteiger partial charge in [-0.2, -0.15) is 0 Å². The SMILES string of the molecule is CC(=O)N1CC[C@H](NC(=O)c2cc3cc(Cl)ccc3[nH]2)[C@H](NC(=O)c2nc3c(s2)CN(C)CC3)C1.Cl. The van der Waals surface area contributed by atoms with Crippen LogP contribution in [0.15, 0.2) is 24.3 Å². The van der Waals surface area contributed by atoms with Gasteiger partial charge < -0.3 is 25.4 Å². The highest BCUT2D eigenvalue weighted by Gasteiger charge is 2.34. The second-order valence-electron chi connectivity index (χ2n) is 9.20. The van der Waals surface area contributed by atoms with Gasteiger partial charge in [0.15, 0.2) is 5.01 Å². The van der Waals surface area contributed by atoms with Gasteiger partial charge in [0.25, 0.3) is 11.8 Å². The lowest BCUT2D eigenvalue weighted by Gasteiger charge is -2.38. The molecule has 2 atom stereocenters. The number of nitrogens with zero attached hydrogens (tertiary/aromatic N) is 3. The molecular weight excluding hydrogens is 523 g/mol. The third kappa shape index (κ3) is 5.51. The van der Waals surface area contributed by atoms with Crippen LogP contribution in [-0.4, -0.2) is 76.3 Å². The van der Waals surface area contributed by atoms with Gasteiger partial charge in [-0.1, -0.05) is 11.6 Å². The highest BCUT2D eigenvalue weighted by Crippen LogP contribution is 2.25. The summed E-state index contributed by atoms with van der Waals surface area (Å²) >= 11 is 7.48. The number of likely N-dealkylation sites (tertiary alicyclic amines) is 1. The van der Waals surface area contributed by atoms with E-state index in [-0.39, 0.29) is 36.2 Å². The lowest BCUT2D eigenvalue weighted by Crippen LogP contribution is -2.61. The lowest BCUT2D eigenvalue weighted by atomic mass is 9.98. The van der Waals surface area contributed by atoms with Crippen LogP contribution in [0.1, 0.15) is 44.2 Å². The highest BCUT2D eigenvalue weighted by atomic mass is 35.5. The number of amides is 3. The number of likely N-dealkylation sites (N-methyl/N-ethyl adjacent to an activating group) is 1. The van der Waals surface area contributed by atoms with Crippen LogP contribution in [0.4, 0.5) is 0 Å². The Labute approximate surface area is 224 Å². The standard InChI is InChI=1S/C24H27ClN6O3S.ClH/c1-13(32)31-8-6-17(27-22(33)19-10-14-9-15(25)3-4-16(14)26-19)20(11-31)28-23(34)24-29-18-5-7-30(2)12-21(18)35-24;/h3-4,9-10,17,20,26H,5-8,11-12H2,1-2H3,(H,27,33)(H,28,34);1H/t17-,20+;/m0./s1. The van der Waals surface area contributed by atoms with Crippen LogP contribution in [0.3, 0.4) is 0 Å². The molecule has 0 radical (unpaired) electrons. The van der Waals surface area contributed by atoms with Crippen LogP contribution in [0, 0.1) is 0 Å². The van der Waals surface area contributed by atoms with E-state index in [0.29, 0.717) is 35.2 Å². The summed E-state index contributed by atoms with van der Waals surface area (Å²) in [5, 5.41) is 7.95. The van der Waals surface area contributed by atoms with Crippen molar-refractivity contribution < 1.29 is 14.4 Å². The zero-order valence-electron chi connectivity index (χ0n) is 20.0. The van der Waals surface area contributed by atoms with Crippen molar-refractivity contribution in [2.24, 2.45) is 0 Å². The van der Waals surface area contributed by atoms with Crippen molar-refractivity contribution in [1.29, 1.82) is 0 Å². The van der Waals surface area contributed by atoms with E-state index in [0.717, 1.165) is 41.0 Å². The molecule has 2 aliphatic rings. The Hall–Kier alpha value is -2.66. The van der Waals surface area contributed by atoms with E-state index in [1.807, 2.05) is 6.07 Å². The van der Waals surface area contributed by atoms with E-state index in [4.69, 9.17) is 11.6 Å². The summed E-state index contributed by atoms with van der Waals surface area (Å²) in [6, 6.07) is 6.37. The van der Waals surface area contributed by atoms with Crippen LogP contribution in [0.2, 0.25) is 5.02 Å². The first kappa shape index (κ1) is 26.4. The van der Waals surface area contributed by atoms with Crippen molar-refractivity contribution in [2.75, 3.05) is 26.7 Å². The first-order chi connectivity index (χ1) is 16.8. The first-order valence-corrected chi connectivity index (χ1v) is 12.8. The fourth-order valence-corrected chi connectivity index (χ4v) is 5.95. The highest BCUT2D eigenvalue weighted by molar-refractivity contribution is 7.13. The largest absolute Gasteiger partial charge is 0.351 e. The molecule has 4 heterocycles. The number of aromatic amines is 1. The molecule has 2 aliphatic heterocycles. The number of benzene rings is 1. The van der Waals surface area contributed by atoms with Gasteiger partial charge in [0.05, 0.1) is 17.8 Å². The van der Waals surface area contributed by atoms with Gasteiger partial charge in [-0.05, 0) is 37.7 Å². The van der Waals surface area contributed by atoms with E-state index in [1.165, 1.54) is 18.3 Å². The summed E-state index contributed by atoms with van der Waals surface area (Å²) in [6.45, 7) is 4.05. The minimum absolute atomic E-state index is 0. The molecule has 36 heavy (non-hydrogen) atoms. The Morgan fingerprint density at radius 1 is 1.14 bits per heavy atom. The molecule has 2 aromatic heterocycles. The van der Waals surface area contributed by atoms with Crippen molar-refractivity contribution in [3.8, 4) is 0 Å². The summed E-state index contributed by atoms with van der Waals surface area (Å²) in [5.74, 6) is -0.609. The molecule has 0 saturated carbocycles. The summed E-state index contributed by atoms with van der Waals surface area (Å²) in [7, 11) is 2.05. The van der Waals surface area contributed by atoms with Gasteiger partial charge in [0.1, 0.15) is 5.69 Å². The predicted octanol–water partition coefficient (Wildman–Crippen LogP) is 2.84. The van der Waals surface area contributed by atoms with Gasteiger partial charge in [-0.25, -0.2) is 4.98 Å². The number of hydrogen-bond acceptors (Lipinski definition) is 6. The summed E-state index contributed by atoms with van der Waals surface area (Å²) < 4.78 is 0. The number of aromatic nitrogens is 2. The fraction of sp³-hybridized carbons (Fsp3) is 0.417. The topological polar surface area (TPSA) is 110 Å². The Bertz CT molecular complexity index is 1310. The number of carbonyl (C=O) groups is 3. The van der Waals surface area contributed by atoms with Crippen LogP contribution in [-0.2, 0) is 17.8 Å². The third-order valence-corrected chi connectivity index (χ3v) is 7.95. The van der Waals surface area contributed by atoms with Gasteiger partial charge in [-0.15, -0.1) is 23.7 Å². The number of hydrogen-bond donors (Lipinski definition) is 3. The second kappa shape index (κ2) is 10.8. The van der Waals surface area contributed by atoms with Crippen LogP contribution >= 0.6 is 35.3 Å². The average Bonchev–Trinajstić information content (AvgIpc) is 3.43. The number of thiazole rings is 1. The molecule has 0 unspecified atom stereocenters. The maximum absolute atomic E-state index is 13.1. The molecule has 0 bridgehead atoms. The first-order valence-electron chi connectivity index (χ1n) is 11.6. The molecule has 5 rings (SSSR count). The summed E-state index contributed by atoms with van der Waals surface area (Å²) in [4.78, 5) is 50.9. The van der Waals surface area contributed by atoms with Gasteiger partial charge in [0.2, 0.25) is 5.91 Å². The number of nitrogens with one attached hydrogen (secondary N) is 3. The van der Waals surface area contributed by atoms with Crippen molar-refractivity contribution >= 4 is 64.0 Å². The monoisotopic (exact) mass is 550 g/mol. The molecule has 3 amide bonds. The second-order valence-corrected chi connectivity index (χ2v) is 10.7. The van der Waals surface area contributed by atoms with E-state index < -0.39 is 6.04 Å². The molecule has 3 N–H and O–H groups in total. The minimum Gasteiger partial charge on any atom is -0.351 e. The van der Waals surface area contributed by atoms with Crippen LogP contribution < -0.4 is 10.6 Å². The molecule has 0 aliphatic carbocycles. The van der Waals surface area contributed by atoms with E-state index in [9.17, 15) is 14.4 Å². The number of carbonyl (C=O) groups excluding carboxylic acids is 3. The van der Waals surface area contributed by atoms with Crippen molar-refractivity contribution in [3.63, 3.8) is 0 Å². The van der Waals surface area contributed by atoms with Crippen molar-refractivity contribution in [2.45, 2.75) is 38.4 Å². The Morgan fingerprint density at radius 3 is 2.69 bits per heavy atom. The molecule has 0 spiro atoms. The number of H-pyrrole nitrogens is 1. The molecule has 9 nitrogen and oxygen atoms in total. The van der Waals surface area contributed by atoms with Gasteiger partial charge in [0, 0.05) is 60.3 Å². The maximum Gasteiger partial charge on any atom is 0.280 e. The summed E-state index contributed by atoms with van der Waals surface area (Å²) in [5.41, 5.74) is 2.21. The molecule has 1 aromatic carbocycles. The van der Waals surface area contributed by atoms with Crippen molar-refractivity contribution in [1.82, 2.24) is 30.4 Å². The van der Waals surface area contributed by atoms with Gasteiger partial charge in [-0.3, -0.25) is 14.4 Å².